The van der Waals surface area contributed by atoms with E-state index in [2.05, 4.69) is 9.97 Å². The zero-order chi connectivity index (χ0) is 15.7. The number of nitrogens with zero attached hydrogens (tertiary/aromatic N) is 2. The van der Waals surface area contributed by atoms with Crippen LogP contribution in [0.2, 0.25) is 15.2 Å². The smallest absolute Gasteiger partial charge is 0.155 e. The molecule has 0 aliphatic heterocycles. The minimum absolute atomic E-state index is 0.254. The van der Waals surface area contributed by atoms with Crippen molar-refractivity contribution in [2.45, 2.75) is 0 Å². The largest absolute Gasteiger partial charge is 0.243 e. The molecule has 0 amide bonds. The summed E-state index contributed by atoms with van der Waals surface area (Å²) >= 11 is 18.1. The Labute approximate surface area is 141 Å². The highest BCUT2D eigenvalue weighted by Crippen LogP contribution is 2.28. The maximum Gasteiger partial charge on any atom is 0.155 e. The predicted octanol–water partition coefficient (Wildman–Crippen LogP) is 5.90. The third-order valence-electron chi connectivity index (χ3n) is 2.99. The molecule has 3 rings (SSSR count). The van der Waals surface area contributed by atoms with Crippen molar-refractivity contribution >= 4 is 58.0 Å². The average molecular weight is 354 g/mol. The molecule has 0 aliphatic rings. The molecule has 0 spiro atoms. The standard InChI is InChI=1S/C16H8Cl3FN2/c17-11-7-14-15(8-12(11)18)22-16(19)13(21-14)6-3-9-1-4-10(20)5-2-9/h1-8H. The van der Waals surface area contributed by atoms with Crippen molar-refractivity contribution in [2.24, 2.45) is 0 Å². The van der Waals surface area contributed by atoms with Gasteiger partial charge < -0.3 is 0 Å². The maximum absolute atomic E-state index is 12.9. The van der Waals surface area contributed by atoms with E-state index in [4.69, 9.17) is 34.8 Å². The molecule has 110 valence electrons. The van der Waals surface area contributed by atoms with Gasteiger partial charge in [0, 0.05) is 0 Å². The van der Waals surface area contributed by atoms with Crippen molar-refractivity contribution in [3.05, 3.63) is 68.7 Å². The van der Waals surface area contributed by atoms with Crippen LogP contribution >= 0.6 is 34.8 Å². The van der Waals surface area contributed by atoms with Gasteiger partial charge in [-0.05, 0) is 35.9 Å². The Balaban J connectivity index is 2.01. The topological polar surface area (TPSA) is 25.8 Å². The number of halogens is 4. The highest BCUT2D eigenvalue weighted by Gasteiger charge is 2.07. The third kappa shape index (κ3) is 3.22. The fourth-order valence-corrected chi connectivity index (χ4v) is 2.41. The van der Waals surface area contributed by atoms with Gasteiger partial charge in [-0.25, -0.2) is 14.4 Å². The van der Waals surface area contributed by atoms with E-state index in [1.54, 1.807) is 36.4 Å². The van der Waals surface area contributed by atoms with Crippen LogP contribution in [0.3, 0.4) is 0 Å². The van der Waals surface area contributed by atoms with Crippen LogP contribution in [0.5, 0.6) is 0 Å². The van der Waals surface area contributed by atoms with E-state index in [-0.39, 0.29) is 11.0 Å². The van der Waals surface area contributed by atoms with E-state index in [9.17, 15) is 4.39 Å². The summed E-state index contributed by atoms with van der Waals surface area (Å²) in [4.78, 5) is 8.66. The average Bonchev–Trinajstić information content (AvgIpc) is 2.49. The lowest BCUT2D eigenvalue weighted by Crippen LogP contribution is -1.90. The summed E-state index contributed by atoms with van der Waals surface area (Å²) in [7, 11) is 0. The number of benzene rings is 2. The van der Waals surface area contributed by atoms with Gasteiger partial charge in [-0.1, -0.05) is 53.0 Å². The van der Waals surface area contributed by atoms with Crippen LogP contribution in [0, 0.1) is 5.82 Å². The normalized spacial score (nSPS) is 11.5. The molecule has 0 saturated heterocycles. The number of hydrogen-bond acceptors (Lipinski definition) is 2. The van der Waals surface area contributed by atoms with Gasteiger partial charge in [0.1, 0.15) is 11.5 Å². The molecule has 0 atom stereocenters. The van der Waals surface area contributed by atoms with Crippen LogP contribution < -0.4 is 0 Å². The fourth-order valence-electron chi connectivity index (χ4n) is 1.90. The second-order valence-electron chi connectivity index (χ2n) is 4.54. The number of hydrogen-bond donors (Lipinski definition) is 0. The first kappa shape index (κ1) is 15.2. The van der Waals surface area contributed by atoms with Crippen LogP contribution in [-0.4, -0.2) is 9.97 Å². The molecular weight excluding hydrogens is 346 g/mol. The number of aromatic nitrogens is 2. The van der Waals surface area contributed by atoms with E-state index >= 15 is 0 Å². The second kappa shape index (κ2) is 6.21. The van der Waals surface area contributed by atoms with Crippen molar-refractivity contribution in [1.82, 2.24) is 9.97 Å². The van der Waals surface area contributed by atoms with Gasteiger partial charge >= 0.3 is 0 Å². The van der Waals surface area contributed by atoms with Gasteiger partial charge in [0.15, 0.2) is 5.15 Å². The molecule has 0 bridgehead atoms. The molecule has 22 heavy (non-hydrogen) atoms. The molecule has 1 aromatic heterocycles. The van der Waals surface area contributed by atoms with E-state index < -0.39 is 0 Å². The van der Waals surface area contributed by atoms with E-state index in [0.29, 0.717) is 26.8 Å². The summed E-state index contributed by atoms with van der Waals surface area (Å²) in [6, 6.07) is 9.34. The van der Waals surface area contributed by atoms with Crippen LogP contribution in [0.4, 0.5) is 4.39 Å². The molecule has 2 aromatic carbocycles. The van der Waals surface area contributed by atoms with Gasteiger partial charge in [-0.3, -0.25) is 0 Å². The predicted molar refractivity (Wildman–Crippen MR) is 89.9 cm³/mol. The lowest BCUT2D eigenvalue weighted by Gasteiger charge is -2.03. The first-order valence-corrected chi connectivity index (χ1v) is 7.42. The summed E-state index contributed by atoms with van der Waals surface area (Å²) in [5.74, 6) is -0.285. The van der Waals surface area contributed by atoms with Crippen molar-refractivity contribution in [2.75, 3.05) is 0 Å². The van der Waals surface area contributed by atoms with E-state index in [0.717, 1.165) is 5.56 Å². The molecule has 0 saturated carbocycles. The molecule has 0 fully saturated rings. The van der Waals surface area contributed by atoms with Crippen LogP contribution in [-0.2, 0) is 0 Å². The highest BCUT2D eigenvalue weighted by molar-refractivity contribution is 6.42. The Bertz CT molecular complexity index is 877. The molecule has 6 heteroatoms. The van der Waals surface area contributed by atoms with Crippen LogP contribution in [0.15, 0.2) is 36.4 Å². The van der Waals surface area contributed by atoms with Crippen molar-refractivity contribution in [1.29, 1.82) is 0 Å². The van der Waals surface area contributed by atoms with Crippen LogP contribution in [0.25, 0.3) is 23.2 Å². The van der Waals surface area contributed by atoms with Gasteiger partial charge in [-0.15, -0.1) is 0 Å². The highest BCUT2D eigenvalue weighted by atomic mass is 35.5. The van der Waals surface area contributed by atoms with Gasteiger partial charge in [0.25, 0.3) is 0 Å². The molecular formula is C16H8Cl3FN2. The van der Waals surface area contributed by atoms with Crippen molar-refractivity contribution in [3.63, 3.8) is 0 Å². The summed E-state index contributed by atoms with van der Waals surface area (Å²) in [6.45, 7) is 0. The molecule has 0 unspecified atom stereocenters. The molecule has 3 aromatic rings. The SMILES string of the molecule is Fc1ccc(C=Cc2nc3cc(Cl)c(Cl)cc3nc2Cl)cc1. The lowest BCUT2D eigenvalue weighted by atomic mass is 10.2. The Morgan fingerprint density at radius 2 is 1.41 bits per heavy atom. The number of rotatable bonds is 2. The minimum atomic E-state index is -0.285. The van der Waals surface area contributed by atoms with Crippen molar-refractivity contribution < 1.29 is 4.39 Å². The van der Waals surface area contributed by atoms with E-state index in [1.807, 2.05) is 0 Å². The zero-order valence-corrected chi connectivity index (χ0v) is 13.3. The molecule has 1 heterocycles. The Kier molecular flexibility index (Phi) is 4.30. The monoisotopic (exact) mass is 352 g/mol. The Morgan fingerprint density at radius 1 is 0.818 bits per heavy atom. The third-order valence-corrected chi connectivity index (χ3v) is 3.99. The quantitative estimate of drug-likeness (QED) is 0.573. The molecule has 0 N–H and O–H groups in total. The molecule has 0 radical (unpaired) electrons. The van der Waals surface area contributed by atoms with Gasteiger partial charge in [0.2, 0.25) is 0 Å². The summed E-state index contributed by atoms with van der Waals surface area (Å²) < 4.78 is 12.9. The molecule has 0 aliphatic carbocycles. The zero-order valence-electron chi connectivity index (χ0n) is 11.0. The second-order valence-corrected chi connectivity index (χ2v) is 5.71. The first-order valence-electron chi connectivity index (χ1n) is 6.29. The minimum Gasteiger partial charge on any atom is -0.243 e. The van der Waals surface area contributed by atoms with Crippen LogP contribution in [0.1, 0.15) is 11.3 Å². The van der Waals surface area contributed by atoms with Crippen molar-refractivity contribution in [3.8, 4) is 0 Å². The van der Waals surface area contributed by atoms with E-state index in [1.165, 1.54) is 12.1 Å². The maximum atomic E-state index is 12.9. The molecule has 2 nitrogen and oxygen atoms in total. The fraction of sp³-hybridized carbons (Fsp3) is 0. The summed E-state index contributed by atoms with van der Waals surface area (Å²) in [6.07, 6.45) is 3.49. The Morgan fingerprint density at radius 3 is 2.05 bits per heavy atom. The number of fused-ring (bicyclic) bond motifs is 1. The summed E-state index contributed by atoms with van der Waals surface area (Å²) in [5, 5.41) is 1.05. The van der Waals surface area contributed by atoms with Gasteiger partial charge in [0.05, 0.1) is 21.1 Å². The Hall–Kier alpha value is -1.68. The summed E-state index contributed by atoms with van der Waals surface area (Å²) in [5.41, 5.74) is 2.49. The lowest BCUT2D eigenvalue weighted by molar-refractivity contribution is 0.628. The first-order chi connectivity index (χ1) is 10.5. The van der Waals surface area contributed by atoms with Gasteiger partial charge in [-0.2, -0.15) is 0 Å².